The van der Waals surface area contributed by atoms with Crippen molar-refractivity contribution < 1.29 is 4.79 Å². The number of benzene rings is 2. The highest BCUT2D eigenvalue weighted by Crippen LogP contribution is 2.25. The number of hydrogen-bond donors (Lipinski definition) is 0. The Morgan fingerprint density at radius 2 is 1.69 bits per heavy atom. The predicted molar refractivity (Wildman–Crippen MR) is 118 cm³/mol. The lowest BCUT2D eigenvalue weighted by Gasteiger charge is -2.33. The van der Waals surface area contributed by atoms with E-state index in [0.717, 1.165) is 53.8 Å². The number of fused-ring (bicyclic) bond motifs is 1. The van der Waals surface area contributed by atoms with Crippen molar-refractivity contribution in [1.29, 1.82) is 0 Å². The minimum Gasteiger partial charge on any atom is -0.335 e. The van der Waals surface area contributed by atoms with E-state index in [4.69, 9.17) is 4.98 Å². The minimum absolute atomic E-state index is 0.0306. The fourth-order valence-corrected chi connectivity index (χ4v) is 5.35. The Labute approximate surface area is 177 Å². The van der Waals surface area contributed by atoms with Gasteiger partial charge in [0, 0.05) is 37.1 Å². The molecule has 4 aromatic rings. The van der Waals surface area contributed by atoms with Crippen LogP contribution in [-0.2, 0) is 6.54 Å². The number of carbonyl (C=O) groups is 1. The third-order valence-corrected chi connectivity index (χ3v) is 7.01. The van der Waals surface area contributed by atoms with E-state index in [9.17, 15) is 4.79 Å². The van der Waals surface area contributed by atoms with E-state index >= 15 is 0 Å². The van der Waals surface area contributed by atoms with Crippen LogP contribution in [0.1, 0.15) is 15.5 Å². The van der Waals surface area contributed by atoms with Crippen LogP contribution in [0.5, 0.6) is 0 Å². The molecule has 2 aromatic heterocycles. The summed E-state index contributed by atoms with van der Waals surface area (Å²) >= 11 is 3.28. The highest BCUT2D eigenvalue weighted by atomic mass is 32.1. The number of nitrogens with zero attached hydrogens (tertiary/aromatic N) is 4. The van der Waals surface area contributed by atoms with Crippen molar-refractivity contribution in [2.45, 2.75) is 6.54 Å². The normalized spacial score (nSPS) is 15.1. The number of thiazole rings is 2. The van der Waals surface area contributed by atoms with Crippen molar-refractivity contribution in [3.63, 3.8) is 0 Å². The van der Waals surface area contributed by atoms with Crippen LogP contribution < -0.4 is 0 Å². The van der Waals surface area contributed by atoms with Crippen molar-refractivity contribution in [2.75, 3.05) is 26.2 Å². The molecule has 1 aliphatic rings. The van der Waals surface area contributed by atoms with Gasteiger partial charge in [-0.2, -0.15) is 0 Å². The lowest BCUT2D eigenvalue weighted by Crippen LogP contribution is -2.48. The van der Waals surface area contributed by atoms with Gasteiger partial charge in [-0.15, -0.1) is 22.7 Å². The highest BCUT2D eigenvalue weighted by Gasteiger charge is 2.24. The number of amides is 1. The highest BCUT2D eigenvalue weighted by molar-refractivity contribution is 7.18. The number of aromatic nitrogens is 2. The van der Waals surface area contributed by atoms with Crippen molar-refractivity contribution in [3.8, 4) is 10.6 Å². The molecule has 0 atom stereocenters. The van der Waals surface area contributed by atoms with Gasteiger partial charge >= 0.3 is 0 Å². The molecule has 7 heteroatoms. The molecule has 146 valence electrons. The molecule has 29 heavy (non-hydrogen) atoms. The zero-order valence-electron chi connectivity index (χ0n) is 15.8. The number of rotatable bonds is 4. The maximum Gasteiger partial charge on any atom is 0.273 e. The molecule has 0 spiro atoms. The second-order valence-electron chi connectivity index (χ2n) is 7.05. The molecule has 0 unspecified atom stereocenters. The standard InChI is InChI=1S/C22H20N4OS2/c27-22(18-15-28-21(24-18)16-6-2-1-3-7-16)26-12-10-25(11-13-26)14-20-23-17-8-4-5-9-19(17)29-20/h1-9,15H,10-14H2. The SMILES string of the molecule is O=C(c1csc(-c2ccccc2)n1)N1CCN(Cc2nc3ccccc3s2)CC1. The molecule has 5 rings (SSSR count). The first-order valence-electron chi connectivity index (χ1n) is 9.63. The van der Waals surface area contributed by atoms with E-state index in [2.05, 4.69) is 28.1 Å². The van der Waals surface area contributed by atoms with E-state index in [1.165, 1.54) is 16.0 Å². The zero-order valence-corrected chi connectivity index (χ0v) is 17.5. The summed E-state index contributed by atoms with van der Waals surface area (Å²) in [6.07, 6.45) is 0. The molecule has 1 saturated heterocycles. The lowest BCUT2D eigenvalue weighted by molar-refractivity contribution is 0.0623. The molecule has 2 aromatic carbocycles. The molecule has 1 fully saturated rings. The first kappa shape index (κ1) is 18.4. The second kappa shape index (κ2) is 8.02. The second-order valence-corrected chi connectivity index (χ2v) is 9.02. The summed E-state index contributed by atoms with van der Waals surface area (Å²) in [6, 6.07) is 18.3. The van der Waals surface area contributed by atoms with Crippen molar-refractivity contribution in [3.05, 3.63) is 70.7 Å². The Kier molecular flexibility index (Phi) is 5.10. The van der Waals surface area contributed by atoms with E-state index in [1.54, 1.807) is 11.3 Å². The van der Waals surface area contributed by atoms with Crippen LogP contribution in [0.3, 0.4) is 0 Å². The maximum atomic E-state index is 12.9. The van der Waals surface area contributed by atoms with Crippen LogP contribution in [0.15, 0.2) is 60.0 Å². The van der Waals surface area contributed by atoms with E-state index in [0.29, 0.717) is 5.69 Å². The van der Waals surface area contributed by atoms with Crippen LogP contribution >= 0.6 is 22.7 Å². The summed E-state index contributed by atoms with van der Waals surface area (Å²) in [4.78, 5) is 26.5. The third kappa shape index (κ3) is 3.94. The maximum absolute atomic E-state index is 12.9. The summed E-state index contributed by atoms with van der Waals surface area (Å²) in [7, 11) is 0. The van der Waals surface area contributed by atoms with E-state index < -0.39 is 0 Å². The summed E-state index contributed by atoms with van der Waals surface area (Å²) < 4.78 is 1.23. The van der Waals surface area contributed by atoms with Crippen molar-refractivity contribution in [1.82, 2.24) is 19.8 Å². The first-order chi connectivity index (χ1) is 14.3. The Balaban J connectivity index is 1.20. The molecule has 0 N–H and O–H groups in total. The molecule has 0 aliphatic carbocycles. The average molecular weight is 421 g/mol. The monoisotopic (exact) mass is 420 g/mol. The minimum atomic E-state index is 0.0306. The van der Waals surface area contributed by atoms with Crippen LogP contribution in [0, 0.1) is 0 Å². The van der Waals surface area contributed by atoms with Gasteiger partial charge in [-0.3, -0.25) is 9.69 Å². The topological polar surface area (TPSA) is 49.3 Å². The molecule has 0 radical (unpaired) electrons. The van der Waals surface area contributed by atoms with E-state index in [1.807, 2.05) is 46.7 Å². The van der Waals surface area contributed by atoms with E-state index in [-0.39, 0.29) is 5.91 Å². The molecular formula is C22H20N4OS2. The van der Waals surface area contributed by atoms with Gasteiger partial charge in [0.1, 0.15) is 15.7 Å². The molecule has 3 heterocycles. The number of piperazine rings is 1. The smallest absolute Gasteiger partial charge is 0.273 e. The van der Waals surface area contributed by atoms with Crippen molar-refractivity contribution in [2.24, 2.45) is 0 Å². The molecule has 5 nitrogen and oxygen atoms in total. The van der Waals surface area contributed by atoms with Gasteiger partial charge < -0.3 is 4.90 Å². The molecular weight excluding hydrogens is 400 g/mol. The van der Waals surface area contributed by atoms with Gasteiger partial charge in [-0.05, 0) is 12.1 Å². The largest absolute Gasteiger partial charge is 0.335 e. The van der Waals surface area contributed by atoms with Crippen LogP contribution in [0.25, 0.3) is 20.8 Å². The summed E-state index contributed by atoms with van der Waals surface area (Å²) in [5.74, 6) is 0.0306. The third-order valence-electron chi connectivity index (χ3n) is 5.10. The van der Waals surface area contributed by atoms with Gasteiger partial charge in [0.05, 0.1) is 16.8 Å². The van der Waals surface area contributed by atoms with Crippen LogP contribution in [-0.4, -0.2) is 51.9 Å². The molecule has 1 amide bonds. The van der Waals surface area contributed by atoms with Gasteiger partial charge in [-0.25, -0.2) is 9.97 Å². The van der Waals surface area contributed by atoms with Crippen LogP contribution in [0.4, 0.5) is 0 Å². The number of hydrogen-bond acceptors (Lipinski definition) is 6. The van der Waals surface area contributed by atoms with Gasteiger partial charge in [0.15, 0.2) is 0 Å². The lowest BCUT2D eigenvalue weighted by atomic mass is 10.2. The van der Waals surface area contributed by atoms with Gasteiger partial charge in [0.2, 0.25) is 0 Å². The summed E-state index contributed by atoms with van der Waals surface area (Å²) in [5, 5.41) is 3.90. The zero-order chi connectivity index (χ0) is 19.6. The Bertz CT molecular complexity index is 1100. The molecule has 0 bridgehead atoms. The number of carbonyl (C=O) groups excluding carboxylic acids is 1. The summed E-state index contributed by atoms with van der Waals surface area (Å²) in [6.45, 7) is 4.01. The van der Waals surface area contributed by atoms with Gasteiger partial charge in [0.25, 0.3) is 5.91 Å². The first-order valence-corrected chi connectivity index (χ1v) is 11.3. The Morgan fingerprint density at radius 1 is 0.931 bits per heavy atom. The molecule has 0 saturated carbocycles. The quantitative estimate of drug-likeness (QED) is 0.492. The van der Waals surface area contributed by atoms with Gasteiger partial charge in [-0.1, -0.05) is 42.5 Å². The molecule has 1 aliphatic heterocycles. The van der Waals surface area contributed by atoms with Crippen LogP contribution in [0.2, 0.25) is 0 Å². The Hall–Kier alpha value is -2.61. The van der Waals surface area contributed by atoms with Crippen molar-refractivity contribution >= 4 is 38.8 Å². The Morgan fingerprint density at radius 3 is 2.48 bits per heavy atom. The fraction of sp³-hybridized carbons (Fsp3) is 0.227. The average Bonchev–Trinajstić information content (AvgIpc) is 3.41. The summed E-state index contributed by atoms with van der Waals surface area (Å²) in [5.41, 5.74) is 2.67. The fourth-order valence-electron chi connectivity index (χ4n) is 3.54. The predicted octanol–water partition coefficient (Wildman–Crippen LogP) is 4.38. The number of para-hydroxylation sites is 1.